The molecule has 3 rings (SSSR count). The van der Waals surface area contributed by atoms with E-state index in [9.17, 15) is 9.59 Å². The molecule has 0 saturated heterocycles. The van der Waals surface area contributed by atoms with Crippen LogP contribution in [0.25, 0.3) is 22.0 Å². The summed E-state index contributed by atoms with van der Waals surface area (Å²) in [6.45, 7) is 5.71. The van der Waals surface area contributed by atoms with E-state index in [-0.39, 0.29) is 11.5 Å². The molecule has 1 amide bonds. The molecule has 1 N–H and O–H groups in total. The van der Waals surface area contributed by atoms with Gasteiger partial charge in [-0.1, -0.05) is 35.9 Å². The topological polar surface area (TPSA) is 64.0 Å². The van der Waals surface area contributed by atoms with Crippen LogP contribution in [0.3, 0.4) is 0 Å². The highest BCUT2D eigenvalue weighted by Gasteiger charge is 2.20. The van der Waals surface area contributed by atoms with Gasteiger partial charge in [-0.3, -0.25) is 9.59 Å². The summed E-state index contributed by atoms with van der Waals surface area (Å²) in [4.78, 5) is 24.9. The maximum absolute atomic E-state index is 12.8. The van der Waals surface area contributed by atoms with Crippen molar-refractivity contribution < 1.29 is 4.79 Å². The monoisotopic (exact) mass is 335 g/mol. The van der Waals surface area contributed by atoms with Crippen LogP contribution in [-0.4, -0.2) is 22.7 Å². The van der Waals surface area contributed by atoms with Gasteiger partial charge in [0.15, 0.2) is 0 Å². The molecule has 25 heavy (non-hydrogen) atoms. The molecule has 128 valence electrons. The Labute approximate surface area is 146 Å². The zero-order valence-electron chi connectivity index (χ0n) is 14.8. The van der Waals surface area contributed by atoms with E-state index in [1.54, 1.807) is 20.0 Å². The zero-order chi connectivity index (χ0) is 18.1. The van der Waals surface area contributed by atoms with E-state index in [1.165, 1.54) is 4.68 Å². The van der Waals surface area contributed by atoms with E-state index in [1.807, 2.05) is 44.2 Å². The fourth-order valence-electron chi connectivity index (χ4n) is 2.98. The van der Waals surface area contributed by atoms with Gasteiger partial charge in [0, 0.05) is 18.0 Å². The smallest absolute Gasteiger partial charge is 0.275 e. The number of likely N-dealkylation sites (N-methyl/N-ethyl adjacent to an activating group) is 1. The van der Waals surface area contributed by atoms with Crippen molar-refractivity contribution in [3.05, 3.63) is 63.9 Å². The first kappa shape index (κ1) is 16.9. The van der Waals surface area contributed by atoms with Gasteiger partial charge in [-0.2, -0.15) is 5.10 Å². The van der Waals surface area contributed by atoms with E-state index in [4.69, 9.17) is 0 Å². The minimum Gasteiger partial charge on any atom is -0.357 e. The van der Waals surface area contributed by atoms with E-state index < -0.39 is 6.04 Å². The lowest BCUT2D eigenvalue weighted by Crippen LogP contribution is -2.35. The van der Waals surface area contributed by atoms with Crippen LogP contribution >= 0.6 is 0 Å². The maximum Gasteiger partial charge on any atom is 0.275 e. The van der Waals surface area contributed by atoms with Gasteiger partial charge in [0.25, 0.3) is 5.56 Å². The highest BCUT2D eigenvalue weighted by molar-refractivity contribution is 5.94. The van der Waals surface area contributed by atoms with E-state index in [0.29, 0.717) is 11.1 Å². The van der Waals surface area contributed by atoms with Crippen molar-refractivity contribution in [1.29, 1.82) is 0 Å². The molecule has 1 aromatic heterocycles. The summed E-state index contributed by atoms with van der Waals surface area (Å²) in [6.07, 6.45) is 0. The van der Waals surface area contributed by atoms with Gasteiger partial charge >= 0.3 is 0 Å². The second kappa shape index (κ2) is 6.51. The Morgan fingerprint density at radius 3 is 2.48 bits per heavy atom. The molecule has 2 aromatic carbocycles. The maximum atomic E-state index is 12.8. The lowest BCUT2D eigenvalue weighted by atomic mass is 9.99. The molecule has 0 radical (unpaired) electrons. The lowest BCUT2D eigenvalue weighted by Gasteiger charge is -2.17. The molecule has 3 aromatic rings. The van der Waals surface area contributed by atoms with Crippen LogP contribution in [0.4, 0.5) is 0 Å². The van der Waals surface area contributed by atoms with Gasteiger partial charge in [-0.05, 0) is 38.5 Å². The second-order valence-corrected chi connectivity index (χ2v) is 6.25. The molecule has 0 fully saturated rings. The zero-order valence-corrected chi connectivity index (χ0v) is 14.8. The van der Waals surface area contributed by atoms with Crippen LogP contribution in [0, 0.1) is 13.8 Å². The predicted octanol–water partition coefficient (Wildman–Crippen LogP) is 2.99. The Hall–Kier alpha value is -2.95. The van der Waals surface area contributed by atoms with Crippen LogP contribution in [0.1, 0.15) is 24.1 Å². The Morgan fingerprint density at radius 2 is 1.80 bits per heavy atom. The fourth-order valence-corrected chi connectivity index (χ4v) is 2.98. The molecule has 5 heteroatoms. The van der Waals surface area contributed by atoms with E-state index in [0.717, 1.165) is 22.1 Å². The highest BCUT2D eigenvalue weighted by Crippen LogP contribution is 2.28. The van der Waals surface area contributed by atoms with Crippen LogP contribution in [0.2, 0.25) is 0 Å². The minimum absolute atomic E-state index is 0.253. The third-order valence-corrected chi connectivity index (χ3v) is 4.47. The SMILES string of the molecule is CNC(=O)[C@H](C)n1nc(-c2cc(C)ccc2C)c2ccccc2c1=O. The summed E-state index contributed by atoms with van der Waals surface area (Å²) in [6, 6.07) is 12.9. The number of carbonyl (C=O) groups excluding carboxylic acids is 1. The highest BCUT2D eigenvalue weighted by atomic mass is 16.2. The number of amides is 1. The van der Waals surface area contributed by atoms with E-state index in [2.05, 4.69) is 16.5 Å². The average Bonchev–Trinajstić information content (AvgIpc) is 2.63. The van der Waals surface area contributed by atoms with Gasteiger partial charge in [0.1, 0.15) is 6.04 Å². The first-order valence-corrected chi connectivity index (χ1v) is 8.25. The van der Waals surface area contributed by atoms with Crippen LogP contribution in [0.15, 0.2) is 47.3 Å². The number of nitrogens with one attached hydrogen (secondary N) is 1. The number of carbonyl (C=O) groups is 1. The number of hydrogen-bond donors (Lipinski definition) is 1. The molecular formula is C20H21N3O2. The number of aryl methyl sites for hydroxylation is 2. The summed E-state index contributed by atoms with van der Waals surface area (Å²) in [7, 11) is 1.55. The molecule has 1 heterocycles. The van der Waals surface area contributed by atoms with Crippen molar-refractivity contribution in [1.82, 2.24) is 15.1 Å². The second-order valence-electron chi connectivity index (χ2n) is 6.25. The van der Waals surface area contributed by atoms with Crippen molar-refractivity contribution in [3.8, 4) is 11.3 Å². The molecule has 0 saturated carbocycles. The summed E-state index contributed by atoms with van der Waals surface area (Å²) in [5.41, 5.74) is 3.60. The number of fused-ring (bicyclic) bond motifs is 1. The van der Waals surface area contributed by atoms with Gasteiger partial charge in [-0.15, -0.1) is 0 Å². The molecule has 5 nitrogen and oxygen atoms in total. The Bertz CT molecular complexity index is 1020. The molecule has 0 unspecified atom stereocenters. The van der Waals surface area contributed by atoms with Crippen LogP contribution < -0.4 is 10.9 Å². The third kappa shape index (κ3) is 2.93. The van der Waals surface area contributed by atoms with Crippen molar-refractivity contribution in [2.75, 3.05) is 7.05 Å². The number of aromatic nitrogens is 2. The number of nitrogens with zero attached hydrogens (tertiary/aromatic N) is 2. The standard InChI is InChI=1S/C20H21N3O2/c1-12-9-10-13(2)17(11-12)18-15-7-5-6-8-16(15)20(25)23(22-18)14(3)19(24)21-4/h5-11,14H,1-4H3,(H,21,24)/t14-/m0/s1. The molecule has 0 aliphatic rings. The summed E-state index contributed by atoms with van der Waals surface area (Å²) in [5.74, 6) is -0.253. The van der Waals surface area contributed by atoms with Crippen molar-refractivity contribution >= 4 is 16.7 Å². The fraction of sp³-hybridized carbons (Fsp3) is 0.250. The summed E-state index contributed by atoms with van der Waals surface area (Å²) in [5, 5.41) is 8.52. The molecule has 1 atom stereocenters. The van der Waals surface area contributed by atoms with Gasteiger partial charge in [0.2, 0.25) is 5.91 Å². The lowest BCUT2D eigenvalue weighted by molar-refractivity contribution is -0.123. The van der Waals surface area contributed by atoms with Crippen LogP contribution in [0.5, 0.6) is 0 Å². The Kier molecular flexibility index (Phi) is 4.40. The number of rotatable bonds is 3. The minimum atomic E-state index is -0.689. The molecule has 0 aliphatic heterocycles. The molecular weight excluding hydrogens is 314 g/mol. The third-order valence-electron chi connectivity index (χ3n) is 4.47. The van der Waals surface area contributed by atoms with Gasteiger partial charge < -0.3 is 5.32 Å². The quantitative estimate of drug-likeness (QED) is 0.800. The Morgan fingerprint density at radius 1 is 1.12 bits per heavy atom. The average molecular weight is 335 g/mol. The van der Waals surface area contributed by atoms with E-state index >= 15 is 0 Å². The number of hydrogen-bond acceptors (Lipinski definition) is 3. The summed E-state index contributed by atoms with van der Waals surface area (Å²) < 4.78 is 1.28. The largest absolute Gasteiger partial charge is 0.357 e. The molecule has 0 aliphatic carbocycles. The van der Waals surface area contributed by atoms with Crippen LogP contribution in [-0.2, 0) is 4.79 Å². The van der Waals surface area contributed by atoms with Crippen molar-refractivity contribution in [2.45, 2.75) is 26.8 Å². The molecule has 0 spiro atoms. The number of benzene rings is 2. The normalized spacial score (nSPS) is 12.2. The molecule has 0 bridgehead atoms. The first-order chi connectivity index (χ1) is 11.9. The van der Waals surface area contributed by atoms with Crippen molar-refractivity contribution in [3.63, 3.8) is 0 Å². The Balaban J connectivity index is 2.39. The van der Waals surface area contributed by atoms with Gasteiger partial charge in [-0.25, -0.2) is 4.68 Å². The van der Waals surface area contributed by atoms with Crippen molar-refractivity contribution in [2.24, 2.45) is 0 Å². The van der Waals surface area contributed by atoms with Gasteiger partial charge in [0.05, 0.1) is 11.1 Å². The predicted molar refractivity (Wildman–Crippen MR) is 99.7 cm³/mol. The summed E-state index contributed by atoms with van der Waals surface area (Å²) >= 11 is 0. The first-order valence-electron chi connectivity index (χ1n) is 8.25.